The molecule has 1 aliphatic rings. The summed E-state index contributed by atoms with van der Waals surface area (Å²) in [6.45, 7) is 0.795. The van der Waals surface area contributed by atoms with Crippen LogP contribution in [0.4, 0.5) is 4.39 Å². The fraction of sp³-hybridized carbons (Fsp3) is 0.211. The summed E-state index contributed by atoms with van der Waals surface area (Å²) in [6.07, 6.45) is 2.79. The van der Waals surface area contributed by atoms with E-state index in [0.29, 0.717) is 30.2 Å². The van der Waals surface area contributed by atoms with Gasteiger partial charge in [0, 0.05) is 13.1 Å². The van der Waals surface area contributed by atoms with Crippen LogP contribution in [0.5, 0.6) is 11.5 Å². The molecule has 0 saturated carbocycles. The molecule has 1 heterocycles. The lowest BCUT2D eigenvalue weighted by atomic mass is 10.2. The summed E-state index contributed by atoms with van der Waals surface area (Å²) in [7, 11) is 1.70. The molecule has 5 heteroatoms. The first-order chi connectivity index (χ1) is 11.6. The molecule has 2 aromatic carbocycles. The van der Waals surface area contributed by atoms with Crippen LogP contribution in [0.1, 0.15) is 5.56 Å². The van der Waals surface area contributed by atoms with Gasteiger partial charge in [0.05, 0.1) is 6.54 Å². The SMILES string of the molecule is CN(CC1COc2ccccc2O1)C(=O)/C=C/c1cccc(F)c1. The number of amides is 1. The summed E-state index contributed by atoms with van der Waals surface area (Å²) in [5.41, 5.74) is 0.642. The van der Waals surface area contributed by atoms with E-state index in [4.69, 9.17) is 9.47 Å². The van der Waals surface area contributed by atoms with Crippen molar-refractivity contribution in [3.8, 4) is 11.5 Å². The van der Waals surface area contributed by atoms with Crippen molar-refractivity contribution in [2.24, 2.45) is 0 Å². The van der Waals surface area contributed by atoms with Gasteiger partial charge >= 0.3 is 0 Å². The Kier molecular flexibility index (Phi) is 4.79. The van der Waals surface area contributed by atoms with E-state index in [9.17, 15) is 9.18 Å². The van der Waals surface area contributed by atoms with Crippen molar-refractivity contribution in [1.29, 1.82) is 0 Å². The quantitative estimate of drug-likeness (QED) is 0.810. The van der Waals surface area contributed by atoms with Crippen molar-refractivity contribution < 1.29 is 18.7 Å². The van der Waals surface area contributed by atoms with Gasteiger partial charge < -0.3 is 14.4 Å². The number of nitrogens with zero attached hydrogens (tertiary/aromatic N) is 1. The van der Waals surface area contributed by atoms with E-state index < -0.39 is 0 Å². The van der Waals surface area contributed by atoms with Crippen LogP contribution in [0.2, 0.25) is 0 Å². The highest BCUT2D eigenvalue weighted by Crippen LogP contribution is 2.30. The van der Waals surface area contributed by atoms with Gasteiger partial charge in [0.25, 0.3) is 0 Å². The maximum absolute atomic E-state index is 13.1. The first-order valence-corrected chi connectivity index (χ1v) is 7.69. The minimum Gasteiger partial charge on any atom is -0.486 e. The zero-order valence-electron chi connectivity index (χ0n) is 13.3. The van der Waals surface area contributed by atoms with Gasteiger partial charge in [-0.1, -0.05) is 24.3 Å². The second-order valence-corrected chi connectivity index (χ2v) is 5.60. The largest absolute Gasteiger partial charge is 0.486 e. The monoisotopic (exact) mass is 327 g/mol. The summed E-state index contributed by atoms with van der Waals surface area (Å²) in [4.78, 5) is 13.7. The molecule has 24 heavy (non-hydrogen) atoms. The van der Waals surface area contributed by atoms with E-state index in [1.807, 2.05) is 24.3 Å². The number of ether oxygens (including phenoxy) is 2. The Labute approximate surface area is 140 Å². The van der Waals surface area contributed by atoms with Gasteiger partial charge in [-0.3, -0.25) is 4.79 Å². The summed E-state index contributed by atoms with van der Waals surface area (Å²) < 4.78 is 24.6. The molecule has 0 radical (unpaired) electrons. The average molecular weight is 327 g/mol. The lowest BCUT2D eigenvalue weighted by Crippen LogP contribution is -2.41. The van der Waals surface area contributed by atoms with Crippen LogP contribution < -0.4 is 9.47 Å². The predicted molar refractivity (Wildman–Crippen MR) is 89.4 cm³/mol. The highest BCUT2D eigenvalue weighted by Gasteiger charge is 2.22. The Morgan fingerprint density at radius 2 is 2.04 bits per heavy atom. The summed E-state index contributed by atoms with van der Waals surface area (Å²) in [6, 6.07) is 13.5. The number of carbonyl (C=O) groups excluding carboxylic acids is 1. The molecule has 4 nitrogen and oxygen atoms in total. The topological polar surface area (TPSA) is 38.8 Å². The zero-order valence-corrected chi connectivity index (χ0v) is 13.3. The molecular weight excluding hydrogens is 309 g/mol. The third kappa shape index (κ3) is 3.93. The first-order valence-electron chi connectivity index (χ1n) is 7.69. The lowest BCUT2D eigenvalue weighted by molar-refractivity contribution is -0.126. The van der Waals surface area contributed by atoms with Gasteiger partial charge in [-0.15, -0.1) is 0 Å². The van der Waals surface area contributed by atoms with Gasteiger partial charge in [0.15, 0.2) is 17.6 Å². The Balaban J connectivity index is 1.57. The van der Waals surface area contributed by atoms with Crippen LogP contribution in [0.3, 0.4) is 0 Å². The third-order valence-electron chi connectivity index (χ3n) is 3.69. The molecule has 1 atom stereocenters. The van der Waals surface area contributed by atoms with Gasteiger partial charge in [0.1, 0.15) is 12.4 Å². The second-order valence-electron chi connectivity index (χ2n) is 5.60. The van der Waals surface area contributed by atoms with Gasteiger partial charge in [0.2, 0.25) is 5.91 Å². The highest BCUT2D eigenvalue weighted by atomic mass is 19.1. The van der Waals surface area contributed by atoms with Gasteiger partial charge in [-0.25, -0.2) is 4.39 Å². The smallest absolute Gasteiger partial charge is 0.246 e. The van der Waals surface area contributed by atoms with Crippen molar-refractivity contribution in [2.45, 2.75) is 6.10 Å². The van der Waals surface area contributed by atoms with E-state index in [1.54, 1.807) is 30.2 Å². The maximum atomic E-state index is 13.1. The molecule has 0 aliphatic carbocycles. The number of para-hydroxylation sites is 2. The molecule has 3 rings (SSSR count). The molecule has 2 aromatic rings. The number of fused-ring (bicyclic) bond motifs is 1. The molecule has 0 aromatic heterocycles. The molecule has 0 spiro atoms. The van der Waals surface area contributed by atoms with Gasteiger partial charge in [-0.2, -0.15) is 0 Å². The summed E-state index contributed by atoms with van der Waals surface area (Å²) in [5, 5.41) is 0. The van der Waals surface area contributed by atoms with Crippen molar-refractivity contribution in [3.63, 3.8) is 0 Å². The van der Waals surface area contributed by atoms with E-state index >= 15 is 0 Å². The van der Waals surface area contributed by atoms with Crippen LogP contribution in [0, 0.1) is 5.82 Å². The third-order valence-corrected chi connectivity index (χ3v) is 3.69. The second kappa shape index (κ2) is 7.17. The minimum atomic E-state index is -0.329. The predicted octanol–water partition coefficient (Wildman–Crippen LogP) is 3.14. The number of likely N-dealkylation sites (N-methyl/N-ethyl adjacent to an activating group) is 1. The highest BCUT2D eigenvalue weighted by molar-refractivity contribution is 5.91. The van der Waals surface area contributed by atoms with E-state index in [-0.39, 0.29) is 17.8 Å². The van der Waals surface area contributed by atoms with Crippen LogP contribution in [0.25, 0.3) is 6.08 Å². The van der Waals surface area contributed by atoms with Crippen LogP contribution in [-0.4, -0.2) is 37.1 Å². The van der Waals surface area contributed by atoms with Crippen molar-refractivity contribution >= 4 is 12.0 Å². The van der Waals surface area contributed by atoms with Gasteiger partial charge in [-0.05, 0) is 35.9 Å². The molecule has 124 valence electrons. The number of benzene rings is 2. The van der Waals surface area contributed by atoms with Crippen LogP contribution in [-0.2, 0) is 4.79 Å². The van der Waals surface area contributed by atoms with Crippen LogP contribution in [0.15, 0.2) is 54.6 Å². The Morgan fingerprint density at radius 1 is 1.25 bits per heavy atom. The maximum Gasteiger partial charge on any atom is 0.246 e. The zero-order chi connectivity index (χ0) is 16.9. The number of hydrogen-bond donors (Lipinski definition) is 0. The van der Waals surface area contributed by atoms with E-state index in [0.717, 1.165) is 0 Å². The fourth-order valence-corrected chi connectivity index (χ4v) is 2.45. The Hall–Kier alpha value is -2.82. The van der Waals surface area contributed by atoms with E-state index in [1.165, 1.54) is 18.2 Å². The Bertz CT molecular complexity index is 760. The van der Waals surface area contributed by atoms with Crippen molar-refractivity contribution in [2.75, 3.05) is 20.2 Å². The Morgan fingerprint density at radius 3 is 2.83 bits per heavy atom. The standard InChI is InChI=1S/C19H18FNO3/c1-21(19(22)10-9-14-5-4-6-15(20)11-14)12-16-13-23-17-7-2-3-8-18(17)24-16/h2-11,16H,12-13H2,1H3/b10-9+. The molecule has 1 aliphatic heterocycles. The normalized spacial score (nSPS) is 16.2. The molecule has 1 unspecified atom stereocenters. The molecule has 0 fully saturated rings. The molecule has 0 bridgehead atoms. The number of halogens is 1. The minimum absolute atomic E-state index is 0.179. The average Bonchev–Trinajstić information content (AvgIpc) is 2.59. The molecule has 1 amide bonds. The number of hydrogen-bond acceptors (Lipinski definition) is 3. The van der Waals surface area contributed by atoms with E-state index in [2.05, 4.69) is 0 Å². The number of carbonyl (C=O) groups is 1. The molecule has 0 saturated heterocycles. The first kappa shape index (κ1) is 16.1. The fourth-order valence-electron chi connectivity index (χ4n) is 2.45. The van der Waals surface area contributed by atoms with Crippen molar-refractivity contribution in [3.05, 3.63) is 66.0 Å². The number of rotatable bonds is 4. The lowest BCUT2D eigenvalue weighted by Gasteiger charge is -2.29. The molecular formula is C19H18FNO3. The van der Waals surface area contributed by atoms with Crippen molar-refractivity contribution in [1.82, 2.24) is 4.90 Å². The summed E-state index contributed by atoms with van der Waals surface area (Å²) in [5.74, 6) is 0.893. The molecule has 0 N–H and O–H groups in total. The summed E-state index contributed by atoms with van der Waals surface area (Å²) >= 11 is 0. The van der Waals surface area contributed by atoms with Crippen LogP contribution >= 0.6 is 0 Å².